The molecule has 1 fully saturated rings. The second-order valence-electron chi connectivity index (χ2n) is 16.9. The third kappa shape index (κ3) is 10.3. The summed E-state index contributed by atoms with van der Waals surface area (Å²) in [5.74, 6) is -1.07. The molecule has 10 nitrogen and oxygen atoms in total. The molecule has 6 rings (SSSR count). The predicted octanol–water partition coefficient (Wildman–Crippen LogP) is 11.2. The number of carbonyl (C=O) groups is 2. The molecule has 0 bridgehead atoms. The van der Waals surface area contributed by atoms with Crippen LogP contribution in [0.2, 0.25) is 5.02 Å². The summed E-state index contributed by atoms with van der Waals surface area (Å²) in [6.07, 6.45) is 3.02. The first-order valence-corrected chi connectivity index (χ1v) is 23.7. The number of methoxy groups -OCH3 is 1. The van der Waals surface area contributed by atoms with Crippen molar-refractivity contribution in [2.45, 2.75) is 121 Å². The molecule has 0 aliphatic heterocycles. The largest absolute Gasteiger partial charge is 0.494 e. The van der Waals surface area contributed by atoms with Gasteiger partial charge in [0.2, 0.25) is 0 Å². The van der Waals surface area contributed by atoms with Gasteiger partial charge in [0.25, 0.3) is 0 Å². The van der Waals surface area contributed by atoms with Gasteiger partial charge in [0, 0.05) is 28.2 Å². The highest BCUT2D eigenvalue weighted by atomic mass is 35.5. The molecule has 1 heterocycles. The Bertz CT molecular complexity index is 2050. The Hall–Kier alpha value is -3.64. The van der Waals surface area contributed by atoms with E-state index in [2.05, 4.69) is 24.9 Å². The van der Waals surface area contributed by atoms with Gasteiger partial charge < -0.3 is 23.3 Å². The Kier molecular flexibility index (Phi) is 15.2. The Morgan fingerprint density at radius 1 is 1.02 bits per heavy atom. The summed E-state index contributed by atoms with van der Waals surface area (Å²) >= 11 is 6.26. The lowest BCUT2D eigenvalue weighted by atomic mass is 9.59. The van der Waals surface area contributed by atoms with Crippen molar-refractivity contribution in [3.63, 3.8) is 0 Å². The fourth-order valence-electron chi connectivity index (χ4n) is 10.1. The molecule has 1 aromatic heterocycles. The normalized spacial score (nSPS) is 22.9. The molecule has 3 aliphatic rings. The minimum absolute atomic E-state index is 0.0430. The zero-order valence-corrected chi connectivity index (χ0v) is 37.5. The fraction of sp³-hybridized carbons (Fsp3) is 0.587. The zero-order chi connectivity index (χ0) is 44.0. The number of halogens is 4. The number of carbonyl (C=O) groups excluding carboxylic acids is 2. The number of benzene rings is 2. The van der Waals surface area contributed by atoms with E-state index in [1.54, 1.807) is 13.8 Å². The molecule has 61 heavy (non-hydrogen) atoms. The van der Waals surface area contributed by atoms with Crippen LogP contribution in [0.1, 0.15) is 114 Å². The number of pyridine rings is 1. The summed E-state index contributed by atoms with van der Waals surface area (Å²) in [5, 5.41) is 0.123. The number of nitrogens with zero attached hydrogens (tertiary/aromatic N) is 2. The predicted molar refractivity (Wildman–Crippen MR) is 229 cm³/mol. The molecule has 0 saturated heterocycles. The van der Waals surface area contributed by atoms with Gasteiger partial charge in [0.1, 0.15) is 17.0 Å². The maximum absolute atomic E-state index is 14.5. The number of anilines is 1. The van der Waals surface area contributed by atoms with Crippen LogP contribution in [0.5, 0.6) is 11.5 Å². The molecule has 0 radical (unpaired) electrons. The van der Waals surface area contributed by atoms with Crippen LogP contribution in [0.25, 0.3) is 0 Å². The lowest BCUT2D eigenvalue weighted by molar-refractivity contribution is -0.174. The Morgan fingerprint density at radius 2 is 1.75 bits per heavy atom. The van der Waals surface area contributed by atoms with Gasteiger partial charge in [-0.3, -0.25) is 19.2 Å². The first-order chi connectivity index (χ1) is 29.1. The summed E-state index contributed by atoms with van der Waals surface area (Å²) in [6.45, 7) is 9.34. The molecule has 1 amide bonds. The maximum Gasteiger partial charge on any atom is 0.471 e. The lowest BCUT2D eigenvalue weighted by Crippen LogP contribution is -2.63. The number of hydrogen-bond donors (Lipinski definition) is 0. The summed E-state index contributed by atoms with van der Waals surface area (Å²) < 4.78 is 85.3. The highest BCUT2D eigenvalue weighted by Gasteiger charge is 2.60. The molecule has 3 atom stereocenters. The van der Waals surface area contributed by atoms with Crippen LogP contribution in [0.15, 0.2) is 54.7 Å². The van der Waals surface area contributed by atoms with Gasteiger partial charge in [0.05, 0.1) is 39.7 Å². The zero-order valence-electron chi connectivity index (χ0n) is 35.9. The Balaban J connectivity index is 1.28. The van der Waals surface area contributed by atoms with E-state index in [1.165, 1.54) is 29.8 Å². The van der Waals surface area contributed by atoms with E-state index in [0.717, 1.165) is 61.8 Å². The minimum Gasteiger partial charge on any atom is -0.494 e. The van der Waals surface area contributed by atoms with Gasteiger partial charge >= 0.3 is 25.6 Å². The van der Waals surface area contributed by atoms with Crippen molar-refractivity contribution < 1.29 is 50.6 Å². The number of rotatable bonds is 18. The first-order valence-electron chi connectivity index (χ1n) is 21.6. The topological polar surface area (TPSA) is 113 Å². The second kappa shape index (κ2) is 19.8. The van der Waals surface area contributed by atoms with Crippen LogP contribution in [0.3, 0.4) is 0 Å². The first kappa shape index (κ1) is 46.9. The molecule has 334 valence electrons. The molecule has 2 aromatic carbocycles. The van der Waals surface area contributed by atoms with Crippen LogP contribution >= 0.6 is 19.2 Å². The number of ether oxygens (including phenoxy) is 3. The Labute approximate surface area is 362 Å². The van der Waals surface area contributed by atoms with E-state index in [9.17, 15) is 27.3 Å². The number of hydrogen-bond acceptors (Lipinski definition) is 9. The van der Waals surface area contributed by atoms with Gasteiger partial charge in [-0.05, 0) is 155 Å². The van der Waals surface area contributed by atoms with Gasteiger partial charge in [-0.15, -0.1) is 0 Å². The van der Waals surface area contributed by atoms with Gasteiger partial charge in [-0.2, -0.15) is 13.2 Å². The summed E-state index contributed by atoms with van der Waals surface area (Å²) in [6, 6.07) is 13.6. The van der Waals surface area contributed by atoms with Crippen molar-refractivity contribution in [3.05, 3.63) is 82.1 Å². The van der Waals surface area contributed by atoms with Crippen LogP contribution in [-0.4, -0.2) is 68.3 Å². The SMILES string of the molecule is CCOP(=O)(CCCCOc1ccc2c(c1)C1(CCC(C(=O)OC)(N(C(=O)C(F)(F)F)c3cccc(Cl)c3)CC1)[C@@H](C[C@@H](C)COc1ccnc3c1[C@H](C)CCC3)C2)OCC. The molecule has 1 spiro atoms. The van der Waals surface area contributed by atoms with Gasteiger partial charge in [-0.1, -0.05) is 37.6 Å². The number of unbranched alkanes of at least 4 members (excludes halogenated alkanes) is 1. The standard InChI is InChI=1S/C46H59ClF3N2O8P/c1-6-59-61(55,60-7-2)25-9-8-24-57-37-17-16-33-27-34(26-31(3)30-58-40-18-23-51-39-15-10-12-32(4)41(39)40)44(38(33)29-37)19-21-45(22-20-44,43(54)56-5)52(42(53)46(48,49)50)36-14-11-13-35(47)28-36/h11,13-14,16-18,23,28-29,31-32,34H,6-10,12,15,19-22,24-27,30H2,1-5H3/t31-,32-,34+,44?,45?/m1/s1. The molecule has 0 N–H and O–H groups in total. The third-order valence-electron chi connectivity index (χ3n) is 12.9. The summed E-state index contributed by atoms with van der Waals surface area (Å²) in [7, 11) is -2.04. The summed E-state index contributed by atoms with van der Waals surface area (Å²) in [4.78, 5) is 32.6. The average molecular weight is 891 g/mol. The second-order valence-corrected chi connectivity index (χ2v) is 19.5. The molecule has 15 heteroatoms. The van der Waals surface area contributed by atoms with Crippen molar-refractivity contribution in [2.24, 2.45) is 11.8 Å². The Morgan fingerprint density at radius 3 is 2.43 bits per heavy atom. The molecule has 1 saturated carbocycles. The van der Waals surface area contributed by atoms with E-state index in [0.29, 0.717) is 68.7 Å². The number of esters is 1. The van der Waals surface area contributed by atoms with Gasteiger partial charge in [0.15, 0.2) is 0 Å². The summed E-state index contributed by atoms with van der Waals surface area (Å²) in [5.41, 5.74) is 1.77. The maximum atomic E-state index is 14.5. The minimum atomic E-state index is -5.28. The number of aryl methyl sites for hydroxylation is 1. The highest BCUT2D eigenvalue weighted by molar-refractivity contribution is 7.53. The third-order valence-corrected chi connectivity index (χ3v) is 15.3. The van der Waals surface area contributed by atoms with Crippen molar-refractivity contribution >= 4 is 36.8 Å². The molecular formula is C46H59ClF3N2O8P. The van der Waals surface area contributed by atoms with Crippen molar-refractivity contribution in [1.82, 2.24) is 4.98 Å². The van der Waals surface area contributed by atoms with Crippen LogP contribution in [0, 0.1) is 11.8 Å². The van der Waals surface area contributed by atoms with E-state index in [-0.39, 0.29) is 41.5 Å². The number of amides is 1. The molecule has 3 aromatic rings. The van der Waals surface area contributed by atoms with E-state index in [4.69, 9.17) is 34.9 Å². The van der Waals surface area contributed by atoms with E-state index in [1.807, 2.05) is 24.4 Å². The molecule has 3 aliphatic carbocycles. The van der Waals surface area contributed by atoms with Crippen LogP contribution in [-0.2, 0) is 46.2 Å². The van der Waals surface area contributed by atoms with Gasteiger partial charge in [-0.25, -0.2) is 4.79 Å². The van der Waals surface area contributed by atoms with E-state index >= 15 is 0 Å². The van der Waals surface area contributed by atoms with Crippen molar-refractivity contribution in [2.75, 3.05) is 44.6 Å². The smallest absolute Gasteiger partial charge is 0.471 e. The fourth-order valence-corrected chi connectivity index (χ4v) is 12.0. The van der Waals surface area contributed by atoms with Crippen LogP contribution in [0.4, 0.5) is 18.9 Å². The number of fused-ring (bicyclic) bond motifs is 3. The highest BCUT2D eigenvalue weighted by Crippen LogP contribution is 2.58. The molecular weight excluding hydrogens is 832 g/mol. The van der Waals surface area contributed by atoms with E-state index < -0.39 is 36.6 Å². The van der Waals surface area contributed by atoms with Crippen molar-refractivity contribution in [3.8, 4) is 11.5 Å². The van der Waals surface area contributed by atoms with Crippen molar-refractivity contribution in [1.29, 1.82) is 0 Å². The van der Waals surface area contributed by atoms with Crippen LogP contribution < -0.4 is 14.4 Å². The lowest BCUT2D eigenvalue weighted by Gasteiger charge is -2.51. The quantitative estimate of drug-likeness (QED) is 0.0700. The monoisotopic (exact) mass is 890 g/mol. The average Bonchev–Trinajstić information content (AvgIpc) is 3.51. The number of alkyl halides is 3. The number of aromatic nitrogens is 1. The molecule has 0 unspecified atom stereocenters.